The van der Waals surface area contributed by atoms with Gasteiger partial charge in [-0.3, -0.25) is 14.5 Å². The fourth-order valence-corrected chi connectivity index (χ4v) is 2.15. The Bertz CT molecular complexity index is 544. The number of ketones is 1. The first-order valence-corrected chi connectivity index (χ1v) is 5.78. The van der Waals surface area contributed by atoms with Crippen LogP contribution in [0.2, 0.25) is 5.02 Å². The zero-order valence-electron chi connectivity index (χ0n) is 9.78. The minimum atomic E-state index is -0.897. The van der Waals surface area contributed by atoms with Crippen molar-refractivity contribution in [3.05, 3.63) is 28.5 Å². The van der Waals surface area contributed by atoms with Crippen LogP contribution in [0.1, 0.15) is 24.2 Å². The van der Waals surface area contributed by atoms with Crippen molar-refractivity contribution in [2.45, 2.75) is 26.0 Å². The Morgan fingerprint density at radius 2 is 1.94 bits per heavy atom. The third kappa shape index (κ3) is 1.71. The summed E-state index contributed by atoms with van der Waals surface area (Å²) in [6.07, 6.45) is -0.897. The first kappa shape index (κ1) is 13.0. The number of rotatable bonds is 2. The monoisotopic (exact) mass is 271 g/mol. The van der Waals surface area contributed by atoms with E-state index in [2.05, 4.69) is 0 Å². The van der Waals surface area contributed by atoms with Gasteiger partial charge in [-0.15, -0.1) is 0 Å². The van der Waals surface area contributed by atoms with Crippen molar-refractivity contribution < 1.29 is 19.1 Å². The molecule has 18 heavy (non-hydrogen) atoms. The smallest absolute Gasteiger partial charge is 0.299 e. The van der Waals surface area contributed by atoms with Crippen LogP contribution in [0.25, 0.3) is 0 Å². The lowest BCUT2D eigenvalue weighted by molar-refractivity contribution is -0.115. The maximum Gasteiger partial charge on any atom is 0.299 e. The molecule has 1 N–H and O–H groups in total. The minimum Gasteiger partial charge on any atom is -0.391 e. The van der Waals surface area contributed by atoms with Gasteiger partial charge in [0, 0.05) is 0 Å². The number of amides is 1. The first-order valence-electron chi connectivity index (χ1n) is 5.40. The highest BCUT2D eigenvalue weighted by atomic mass is 35.5. The second-order valence-corrected chi connectivity index (χ2v) is 4.65. The van der Waals surface area contributed by atoms with E-state index in [1.165, 1.54) is 19.9 Å². The van der Waals surface area contributed by atoms with Crippen LogP contribution in [-0.2, 0) is 4.79 Å². The molecule has 0 saturated carbocycles. The van der Waals surface area contributed by atoms with E-state index in [4.69, 9.17) is 11.6 Å². The number of anilines is 1. The van der Waals surface area contributed by atoms with E-state index in [-0.39, 0.29) is 16.3 Å². The highest BCUT2D eigenvalue weighted by Crippen LogP contribution is 2.38. The Morgan fingerprint density at radius 1 is 1.33 bits per heavy atom. The quantitative estimate of drug-likeness (QED) is 0.834. The molecule has 0 bridgehead atoms. The van der Waals surface area contributed by atoms with Gasteiger partial charge >= 0.3 is 0 Å². The predicted molar refractivity (Wildman–Crippen MR) is 64.4 cm³/mol. The molecule has 0 spiro atoms. The molecule has 1 amide bonds. The van der Waals surface area contributed by atoms with Crippen molar-refractivity contribution in [3.8, 4) is 0 Å². The normalized spacial score (nSPS) is 17.9. The summed E-state index contributed by atoms with van der Waals surface area (Å²) in [6.45, 7) is 2.99. The lowest BCUT2D eigenvalue weighted by Crippen LogP contribution is -2.44. The topological polar surface area (TPSA) is 57.6 Å². The number of halogens is 2. The SMILES string of the molecule is CC(O)C(C)N1C(=O)C(=O)c2c(Cl)ccc(F)c21. The number of Topliss-reactive ketones (excluding diaryl/α,β-unsaturated/α-hetero) is 1. The van der Waals surface area contributed by atoms with Gasteiger partial charge in [-0.1, -0.05) is 11.6 Å². The Hall–Kier alpha value is -1.46. The average molecular weight is 272 g/mol. The molecule has 2 atom stereocenters. The average Bonchev–Trinajstić information content (AvgIpc) is 2.58. The molecule has 0 saturated heterocycles. The van der Waals surface area contributed by atoms with Crippen LogP contribution in [0.3, 0.4) is 0 Å². The zero-order valence-corrected chi connectivity index (χ0v) is 10.5. The molecule has 1 aromatic carbocycles. The number of fused-ring (bicyclic) bond motifs is 1. The van der Waals surface area contributed by atoms with Crippen LogP contribution < -0.4 is 4.90 Å². The van der Waals surface area contributed by atoms with Crippen LogP contribution in [0.4, 0.5) is 10.1 Å². The van der Waals surface area contributed by atoms with Crippen LogP contribution in [0, 0.1) is 5.82 Å². The van der Waals surface area contributed by atoms with E-state index in [1.807, 2.05) is 0 Å². The molecule has 1 aliphatic heterocycles. The molecule has 6 heteroatoms. The molecule has 1 heterocycles. The summed E-state index contributed by atoms with van der Waals surface area (Å²) in [5.74, 6) is -2.42. The van der Waals surface area contributed by atoms with Gasteiger partial charge in [-0.05, 0) is 26.0 Å². The van der Waals surface area contributed by atoms with Gasteiger partial charge in [0.1, 0.15) is 5.82 Å². The Kier molecular flexibility index (Phi) is 3.12. The van der Waals surface area contributed by atoms with E-state index in [0.717, 1.165) is 11.0 Å². The summed E-state index contributed by atoms with van der Waals surface area (Å²) in [4.78, 5) is 24.6. The number of carbonyl (C=O) groups excluding carboxylic acids is 2. The van der Waals surface area contributed by atoms with Crippen LogP contribution in [0.5, 0.6) is 0 Å². The van der Waals surface area contributed by atoms with Crippen molar-refractivity contribution in [3.63, 3.8) is 0 Å². The number of carbonyl (C=O) groups is 2. The highest BCUT2D eigenvalue weighted by molar-refractivity contribution is 6.55. The highest BCUT2D eigenvalue weighted by Gasteiger charge is 2.43. The van der Waals surface area contributed by atoms with Crippen molar-refractivity contribution in [2.75, 3.05) is 4.90 Å². The zero-order chi connectivity index (χ0) is 13.6. The molecular formula is C12H11ClFNO3. The summed E-state index contributed by atoms with van der Waals surface area (Å²) in [6, 6.07) is 1.61. The maximum absolute atomic E-state index is 13.8. The molecule has 0 fully saturated rings. The lowest BCUT2D eigenvalue weighted by Gasteiger charge is -2.27. The molecule has 2 rings (SSSR count). The number of hydrogen-bond acceptors (Lipinski definition) is 3. The molecule has 0 radical (unpaired) electrons. The maximum atomic E-state index is 13.8. The second-order valence-electron chi connectivity index (χ2n) is 4.24. The van der Waals surface area contributed by atoms with Gasteiger partial charge in [0.05, 0.1) is 28.4 Å². The standard InChI is InChI=1S/C12H11ClFNO3/c1-5(6(2)16)15-10-8(14)4-3-7(13)9(10)11(17)12(15)18/h3-6,16H,1-2H3. The number of nitrogens with zero attached hydrogens (tertiary/aromatic N) is 1. The fourth-order valence-electron chi connectivity index (χ4n) is 1.91. The number of hydrogen-bond donors (Lipinski definition) is 1. The van der Waals surface area contributed by atoms with Gasteiger partial charge in [-0.25, -0.2) is 4.39 Å². The molecule has 0 aromatic heterocycles. The number of benzene rings is 1. The van der Waals surface area contributed by atoms with Crippen molar-refractivity contribution in [2.24, 2.45) is 0 Å². The van der Waals surface area contributed by atoms with Crippen LogP contribution in [0.15, 0.2) is 12.1 Å². The van der Waals surface area contributed by atoms with Gasteiger partial charge in [0.2, 0.25) is 0 Å². The van der Waals surface area contributed by atoms with Gasteiger partial charge < -0.3 is 5.11 Å². The van der Waals surface area contributed by atoms with Crippen molar-refractivity contribution >= 4 is 29.0 Å². The van der Waals surface area contributed by atoms with E-state index >= 15 is 0 Å². The lowest BCUT2D eigenvalue weighted by atomic mass is 10.1. The Morgan fingerprint density at radius 3 is 2.50 bits per heavy atom. The van der Waals surface area contributed by atoms with E-state index in [9.17, 15) is 19.1 Å². The molecule has 96 valence electrons. The van der Waals surface area contributed by atoms with Crippen LogP contribution in [-0.4, -0.2) is 28.9 Å². The number of aliphatic hydroxyl groups is 1. The third-order valence-corrected chi connectivity index (χ3v) is 3.38. The van der Waals surface area contributed by atoms with E-state index in [0.29, 0.717) is 0 Å². The van der Waals surface area contributed by atoms with Crippen LogP contribution >= 0.6 is 11.6 Å². The van der Waals surface area contributed by atoms with Gasteiger partial charge in [0.25, 0.3) is 11.7 Å². The summed E-state index contributed by atoms with van der Waals surface area (Å²) in [5, 5.41) is 9.54. The summed E-state index contributed by atoms with van der Waals surface area (Å²) in [7, 11) is 0. The van der Waals surface area contributed by atoms with Gasteiger partial charge in [-0.2, -0.15) is 0 Å². The second kappa shape index (κ2) is 4.33. The van der Waals surface area contributed by atoms with Crippen molar-refractivity contribution in [1.29, 1.82) is 0 Å². The molecule has 0 aliphatic carbocycles. The molecular weight excluding hydrogens is 261 g/mol. The fraction of sp³-hybridized carbons (Fsp3) is 0.333. The van der Waals surface area contributed by atoms with E-state index in [1.54, 1.807) is 0 Å². The molecule has 4 nitrogen and oxygen atoms in total. The van der Waals surface area contributed by atoms with Gasteiger partial charge in [0.15, 0.2) is 0 Å². The first-order chi connectivity index (χ1) is 8.36. The minimum absolute atomic E-state index is 0.0324. The Balaban J connectivity index is 2.65. The Labute approximate surface area is 108 Å². The predicted octanol–water partition coefficient (Wildman–Crippen LogP) is 1.78. The summed E-state index contributed by atoms with van der Waals surface area (Å²) < 4.78 is 13.8. The molecule has 2 unspecified atom stereocenters. The molecule has 1 aromatic rings. The number of aliphatic hydroxyl groups excluding tert-OH is 1. The van der Waals surface area contributed by atoms with E-state index < -0.39 is 29.7 Å². The largest absolute Gasteiger partial charge is 0.391 e. The molecule has 1 aliphatic rings. The third-order valence-electron chi connectivity index (χ3n) is 3.06. The van der Waals surface area contributed by atoms with Crippen molar-refractivity contribution in [1.82, 2.24) is 0 Å². The summed E-state index contributed by atoms with van der Waals surface area (Å²) in [5.41, 5.74) is -0.278. The summed E-state index contributed by atoms with van der Waals surface area (Å²) >= 11 is 5.82.